The Hall–Kier alpha value is -3.66. The van der Waals surface area contributed by atoms with Gasteiger partial charge in [0.2, 0.25) is 0 Å². The van der Waals surface area contributed by atoms with Gasteiger partial charge in [-0.05, 0) is 79.9 Å². The molecular weight excluding hydrogens is 372 g/mol. The second-order valence-electron chi connectivity index (χ2n) is 7.82. The maximum Gasteiger partial charge on any atom is 0.343 e. The third-order valence-corrected chi connectivity index (χ3v) is 5.54. The third kappa shape index (κ3) is 3.41. The molecule has 2 heterocycles. The number of aryl methyl sites for hydroxylation is 2. The standard InChI is InChI=1S/C26H22N2O2/c1-17-4-11-23(12-5-17)30-26(29)19-7-9-22(10-8-19)28-14-13-21-16-20-6-3-18(2)15-24(20)27-25(21)28/h3-12,15-16H,13-14H2,1-2H3. The smallest absolute Gasteiger partial charge is 0.343 e. The summed E-state index contributed by atoms with van der Waals surface area (Å²) in [7, 11) is 0. The van der Waals surface area contributed by atoms with Crippen LogP contribution in [0.2, 0.25) is 0 Å². The molecule has 0 N–H and O–H groups in total. The third-order valence-electron chi connectivity index (χ3n) is 5.54. The number of hydrogen-bond acceptors (Lipinski definition) is 4. The van der Waals surface area contributed by atoms with Gasteiger partial charge >= 0.3 is 5.97 Å². The fraction of sp³-hybridized carbons (Fsp3) is 0.154. The van der Waals surface area contributed by atoms with E-state index in [-0.39, 0.29) is 5.97 Å². The Balaban J connectivity index is 1.39. The van der Waals surface area contributed by atoms with E-state index in [9.17, 15) is 4.79 Å². The Morgan fingerprint density at radius 2 is 1.63 bits per heavy atom. The zero-order chi connectivity index (χ0) is 20.7. The molecule has 4 nitrogen and oxygen atoms in total. The van der Waals surface area contributed by atoms with Crippen molar-refractivity contribution in [2.75, 3.05) is 11.4 Å². The summed E-state index contributed by atoms with van der Waals surface area (Å²) in [4.78, 5) is 19.6. The second kappa shape index (κ2) is 7.30. The van der Waals surface area contributed by atoms with Crippen molar-refractivity contribution in [3.8, 4) is 5.75 Å². The number of fused-ring (bicyclic) bond motifs is 2. The van der Waals surface area contributed by atoms with E-state index in [4.69, 9.17) is 9.72 Å². The van der Waals surface area contributed by atoms with Crippen molar-refractivity contribution in [2.24, 2.45) is 0 Å². The molecule has 0 unspecified atom stereocenters. The van der Waals surface area contributed by atoms with Crippen molar-refractivity contribution in [1.82, 2.24) is 4.98 Å². The largest absolute Gasteiger partial charge is 0.423 e. The van der Waals surface area contributed by atoms with Crippen molar-refractivity contribution in [3.05, 3.63) is 95.1 Å². The lowest BCUT2D eigenvalue weighted by molar-refractivity contribution is 0.0735. The Labute approximate surface area is 175 Å². The average Bonchev–Trinajstić information content (AvgIpc) is 3.16. The molecule has 30 heavy (non-hydrogen) atoms. The van der Waals surface area contributed by atoms with Gasteiger partial charge in [-0.15, -0.1) is 0 Å². The van der Waals surface area contributed by atoms with E-state index in [1.54, 1.807) is 12.1 Å². The van der Waals surface area contributed by atoms with E-state index in [0.29, 0.717) is 11.3 Å². The Kier molecular flexibility index (Phi) is 4.47. The van der Waals surface area contributed by atoms with Crippen LogP contribution in [0.5, 0.6) is 5.75 Å². The molecule has 0 saturated carbocycles. The number of benzene rings is 3. The minimum absolute atomic E-state index is 0.355. The van der Waals surface area contributed by atoms with E-state index in [2.05, 4.69) is 36.1 Å². The fourth-order valence-corrected chi connectivity index (χ4v) is 3.87. The minimum Gasteiger partial charge on any atom is -0.423 e. The van der Waals surface area contributed by atoms with Gasteiger partial charge in [0.05, 0.1) is 11.1 Å². The number of carbonyl (C=O) groups is 1. The van der Waals surface area contributed by atoms with Gasteiger partial charge in [0.25, 0.3) is 0 Å². The van der Waals surface area contributed by atoms with Crippen molar-refractivity contribution >= 4 is 28.4 Å². The molecule has 0 aliphatic carbocycles. The van der Waals surface area contributed by atoms with Crippen molar-refractivity contribution in [3.63, 3.8) is 0 Å². The lowest BCUT2D eigenvalue weighted by Crippen LogP contribution is -2.15. The quantitative estimate of drug-likeness (QED) is 0.327. The van der Waals surface area contributed by atoms with Gasteiger partial charge in [0.15, 0.2) is 0 Å². The maximum absolute atomic E-state index is 12.5. The monoisotopic (exact) mass is 394 g/mol. The van der Waals surface area contributed by atoms with Crippen LogP contribution in [-0.4, -0.2) is 17.5 Å². The summed E-state index contributed by atoms with van der Waals surface area (Å²) in [6.07, 6.45) is 0.962. The summed E-state index contributed by atoms with van der Waals surface area (Å²) in [5.74, 6) is 1.20. The van der Waals surface area contributed by atoms with E-state index in [0.717, 1.165) is 35.6 Å². The average molecular weight is 394 g/mol. The summed E-state index contributed by atoms with van der Waals surface area (Å²) in [6.45, 7) is 4.96. The molecule has 0 radical (unpaired) electrons. The number of anilines is 2. The van der Waals surface area contributed by atoms with Gasteiger partial charge in [-0.3, -0.25) is 0 Å². The first-order valence-corrected chi connectivity index (χ1v) is 10.1. The van der Waals surface area contributed by atoms with Crippen LogP contribution in [-0.2, 0) is 6.42 Å². The van der Waals surface area contributed by atoms with E-state index >= 15 is 0 Å². The van der Waals surface area contributed by atoms with Gasteiger partial charge in [0.1, 0.15) is 11.6 Å². The van der Waals surface area contributed by atoms with E-state index in [1.165, 1.54) is 16.5 Å². The first kappa shape index (κ1) is 18.4. The van der Waals surface area contributed by atoms with Gasteiger partial charge < -0.3 is 9.64 Å². The summed E-state index contributed by atoms with van der Waals surface area (Å²) in [6, 6.07) is 23.6. The molecule has 1 aliphatic heterocycles. The number of carbonyl (C=O) groups excluding carboxylic acids is 1. The number of esters is 1. The molecule has 0 bridgehead atoms. The van der Waals surface area contributed by atoms with E-state index < -0.39 is 0 Å². The molecule has 148 valence electrons. The van der Waals surface area contributed by atoms with Gasteiger partial charge in [-0.2, -0.15) is 0 Å². The zero-order valence-corrected chi connectivity index (χ0v) is 17.1. The highest BCUT2D eigenvalue weighted by molar-refractivity contribution is 5.92. The van der Waals surface area contributed by atoms with Crippen LogP contribution < -0.4 is 9.64 Å². The van der Waals surface area contributed by atoms with Crippen LogP contribution in [0.3, 0.4) is 0 Å². The molecule has 0 atom stereocenters. The molecule has 1 aromatic heterocycles. The zero-order valence-electron chi connectivity index (χ0n) is 17.1. The number of pyridine rings is 1. The van der Waals surface area contributed by atoms with E-state index in [1.807, 2.05) is 43.3 Å². The first-order chi connectivity index (χ1) is 14.6. The van der Waals surface area contributed by atoms with Gasteiger partial charge in [-0.1, -0.05) is 29.8 Å². The molecule has 0 amide bonds. The molecule has 5 rings (SSSR count). The Morgan fingerprint density at radius 1 is 0.900 bits per heavy atom. The summed E-state index contributed by atoms with van der Waals surface area (Å²) < 4.78 is 5.47. The fourth-order valence-electron chi connectivity index (χ4n) is 3.87. The maximum atomic E-state index is 12.5. The molecule has 0 fully saturated rings. The second-order valence-corrected chi connectivity index (χ2v) is 7.82. The lowest BCUT2D eigenvalue weighted by Gasteiger charge is -2.19. The predicted octanol–water partition coefficient (Wildman–Crippen LogP) is 5.77. The normalized spacial score (nSPS) is 12.8. The summed E-state index contributed by atoms with van der Waals surface area (Å²) in [5, 5.41) is 1.18. The minimum atomic E-state index is -0.355. The highest BCUT2D eigenvalue weighted by Crippen LogP contribution is 2.35. The summed E-state index contributed by atoms with van der Waals surface area (Å²) in [5.41, 5.74) is 6.16. The molecule has 3 aromatic carbocycles. The molecule has 0 spiro atoms. The number of rotatable bonds is 3. The molecule has 0 saturated heterocycles. The predicted molar refractivity (Wildman–Crippen MR) is 120 cm³/mol. The van der Waals surface area contributed by atoms with Crippen molar-refractivity contribution < 1.29 is 9.53 Å². The topological polar surface area (TPSA) is 42.4 Å². The molecule has 4 aromatic rings. The SMILES string of the molecule is Cc1ccc(OC(=O)c2ccc(N3CCc4cc5ccc(C)cc5nc43)cc2)cc1. The molecule has 4 heteroatoms. The van der Waals surface area contributed by atoms with Crippen LogP contribution in [0.25, 0.3) is 10.9 Å². The van der Waals surface area contributed by atoms with Crippen LogP contribution >= 0.6 is 0 Å². The number of nitrogens with zero attached hydrogens (tertiary/aromatic N) is 2. The molecular formula is C26H22N2O2. The Morgan fingerprint density at radius 3 is 2.40 bits per heavy atom. The number of hydrogen-bond donors (Lipinski definition) is 0. The van der Waals surface area contributed by atoms with Gasteiger partial charge in [-0.25, -0.2) is 9.78 Å². The van der Waals surface area contributed by atoms with Crippen molar-refractivity contribution in [2.45, 2.75) is 20.3 Å². The van der Waals surface area contributed by atoms with Crippen LogP contribution in [0.4, 0.5) is 11.5 Å². The van der Waals surface area contributed by atoms with Crippen LogP contribution in [0, 0.1) is 13.8 Å². The first-order valence-electron chi connectivity index (χ1n) is 10.1. The molecule has 1 aliphatic rings. The van der Waals surface area contributed by atoms with Crippen LogP contribution in [0.1, 0.15) is 27.0 Å². The van der Waals surface area contributed by atoms with Crippen LogP contribution in [0.15, 0.2) is 72.8 Å². The summed E-state index contributed by atoms with van der Waals surface area (Å²) >= 11 is 0. The highest BCUT2D eigenvalue weighted by Gasteiger charge is 2.23. The lowest BCUT2D eigenvalue weighted by atomic mass is 10.1. The number of ether oxygens (including phenoxy) is 1. The van der Waals surface area contributed by atoms with Crippen molar-refractivity contribution in [1.29, 1.82) is 0 Å². The number of aromatic nitrogens is 1. The highest BCUT2D eigenvalue weighted by atomic mass is 16.5. The Bertz CT molecular complexity index is 1240. The van der Waals surface area contributed by atoms with Gasteiger partial charge in [0, 0.05) is 17.6 Å².